The number of aryl methyl sites for hydroxylation is 1. The van der Waals surface area contributed by atoms with E-state index in [4.69, 9.17) is 5.73 Å². The lowest BCUT2D eigenvalue weighted by molar-refractivity contribution is 0.386. The van der Waals surface area contributed by atoms with Crippen LogP contribution in [0.5, 0.6) is 0 Å². The number of halogens is 1. The lowest BCUT2D eigenvalue weighted by atomic mass is 9.93. The highest BCUT2D eigenvalue weighted by Crippen LogP contribution is 2.28. The maximum Gasteiger partial charge on any atom is 0.0396 e. The number of nitrogens with zero attached hydrogens (tertiary/aromatic N) is 1. The van der Waals surface area contributed by atoms with Gasteiger partial charge in [-0.2, -0.15) is 0 Å². The van der Waals surface area contributed by atoms with E-state index in [0.29, 0.717) is 0 Å². The van der Waals surface area contributed by atoms with E-state index < -0.39 is 0 Å². The van der Waals surface area contributed by atoms with Crippen molar-refractivity contribution in [2.75, 3.05) is 24.5 Å². The maximum atomic E-state index is 5.63. The number of piperidine rings is 1. The SMILES string of the molecule is Cc1cc(Br)ccc1N1CCC(CCN)CC1. The monoisotopic (exact) mass is 296 g/mol. The van der Waals surface area contributed by atoms with Gasteiger partial charge in [-0.25, -0.2) is 0 Å². The van der Waals surface area contributed by atoms with E-state index in [1.54, 1.807) is 0 Å². The lowest BCUT2D eigenvalue weighted by Crippen LogP contribution is -2.34. The van der Waals surface area contributed by atoms with Gasteiger partial charge in [-0.05, 0) is 62.4 Å². The molecule has 2 rings (SSSR count). The third-order valence-electron chi connectivity index (χ3n) is 3.69. The van der Waals surface area contributed by atoms with Crippen molar-refractivity contribution >= 4 is 21.6 Å². The second-order valence-corrected chi connectivity index (χ2v) is 5.85. The second kappa shape index (κ2) is 5.87. The predicted molar refractivity (Wildman–Crippen MR) is 77.5 cm³/mol. The first-order valence-electron chi connectivity index (χ1n) is 6.42. The first kappa shape index (κ1) is 12.9. The molecule has 0 unspecified atom stereocenters. The van der Waals surface area contributed by atoms with E-state index in [-0.39, 0.29) is 0 Å². The molecule has 1 aromatic carbocycles. The van der Waals surface area contributed by atoms with Crippen LogP contribution >= 0.6 is 15.9 Å². The van der Waals surface area contributed by atoms with Crippen LogP contribution in [0.15, 0.2) is 22.7 Å². The topological polar surface area (TPSA) is 29.3 Å². The summed E-state index contributed by atoms with van der Waals surface area (Å²) >= 11 is 3.52. The van der Waals surface area contributed by atoms with Gasteiger partial charge in [-0.15, -0.1) is 0 Å². The van der Waals surface area contributed by atoms with Crippen LogP contribution in [-0.4, -0.2) is 19.6 Å². The Morgan fingerprint density at radius 3 is 2.65 bits per heavy atom. The number of hydrogen-bond donors (Lipinski definition) is 1. The molecule has 17 heavy (non-hydrogen) atoms. The van der Waals surface area contributed by atoms with Gasteiger partial charge in [-0.3, -0.25) is 0 Å². The van der Waals surface area contributed by atoms with E-state index in [2.05, 4.69) is 46.0 Å². The average molecular weight is 297 g/mol. The summed E-state index contributed by atoms with van der Waals surface area (Å²) < 4.78 is 1.16. The summed E-state index contributed by atoms with van der Waals surface area (Å²) in [5.41, 5.74) is 8.37. The Kier molecular flexibility index (Phi) is 4.46. The molecule has 1 aliphatic rings. The summed E-state index contributed by atoms with van der Waals surface area (Å²) in [5, 5.41) is 0. The number of nitrogens with two attached hydrogens (primary N) is 1. The Hall–Kier alpha value is -0.540. The molecule has 1 heterocycles. The van der Waals surface area contributed by atoms with Gasteiger partial charge in [-0.1, -0.05) is 15.9 Å². The molecule has 3 heteroatoms. The van der Waals surface area contributed by atoms with Crippen molar-refractivity contribution in [1.82, 2.24) is 0 Å². The van der Waals surface area contributed by atoms with Gasteiger partial charge >= 0.3 is 0 Å². The summed E-state index contributed by atoms with van der Waals surface area (Å²) in [7, 11) is 0. The molecule has 2 N–H and O–H groups in total. The molecule has 2 nitrogen and oxygen atoms in total. The molecule has 0 radical (unpaired) electrons. The first-order chi connectivity index (χ1) is 8.20. The molecular weight excluding hydrogens is 276 g/mol. The molecule has 1 fully saturated rings. The minimum atomic E-state index is 0.835. The quantitative estimate of drug-likeness (QED) is 0.927. The summed E-state index contributed by atoms with van der Waals surface area (Å²) in [6.45, 7) is 5.37. The summed E-state index contributed by atoms with van der Waals surface area (Å²) in [5.74, 6) is 0.840. The third kappa shape index (κ3) is 3.23. The van der Waals surface area contributed by atoms with Crippen molar-refractivity contribution in [1.29, 1.82) is 0 Å². The fourth-order valence-corrected chi connectivity index (χ4v) is 3.15. The molecule has 0 saturated carbocycles. The van der Waals surface area contributed by atoms with Crippen LogP contribution in [0.3, 0.4) is 0 Å². The number of rotatable bonds is 3. The molecule has 0 amide bonds. The van der Waals surface area contributed by atoms with Gasteiger partial charge in [0.25, 0.3) is 0 Å². The normalized spacial score (nSPS) is 17.5. The zero-order chi connectivity index (χ0) is 12.3. The summed E-state index contributed by atoms with van der Waals surface area (Å²) in [4.78, 5) is 2.51. The molecule has 1 saturated heterocycles. The van der Waals surface area contributed by atoms with Crippen LogP contribution in [0, 0.1) is 12.8 Å². The Morgan fingerprint density at radius 1 is 1.35 bits per heavy atom. The van der Waals surface area contributed by atoms with E-state index in [1.807, 2.05) is 0 Å². The Bertz CT molecular complexity index is 370. The average Bonchev–Trinajstić information content (AvgIpc) is 2.31. The molecule has 0 aliphatic carbocycles. The fourth-order valence-electron chi connectivity index (χ4n) is 2.67. The zero-order valence-corrected chi connectivity index (χ0v) is 12.0. The zero-order valence-electron chi connectivity index (χ0n) is 10.5. The summed E-state index contributed by atoms with van der Waals surface area (Å²) in [6, 6.07) is 6.55. The van der Waals surface area contributed by atoms with Crippen molar-refractivity contribution in [3.05, 3.63) is 28.2 Å². The summed E-state index contributed by atoms with van der Waals surface area (Å²) in [6.07, 6.45) is 3.76. The molecular formula is C14H21BrN2. The predicted octanol–water partition coefficient (Wildman–Crippen LogP) is 3.32. The minimum absolute atomic E-state index is 0.835. The maximum absolute atomic E-state index is 5.63. The van der Waals surface area contributed by atoms with Crippen LogP contribution in [0.4, 0.5) is 5.69 Å². The Morgan fingerprint density at radius 2 is 2.06 bits per heavy atom. The molecule has 0 spiro atoms. The highest BCUT2D eigenvalue weighted by atomic mass is 79.9. The molecule has 0 atom stereocenters. The van der Waals surface area contributed by atoms with Gasteiger partial charge in [0, 0.05) is 23.2 Å². The molecule has 94 valence electrons. The van der Waals surface area contributed by atoms with Gasteiger partial charge in [0.1, 0.15) is 0 Å². The van der Waals surface area contributed by atoms with Gasteiger partial charge in [0.05, 0.1) is 0 Å². The van der Waals surface area contributed by atoms with Crippen molar-refractivity contribution < 1.29 is 0 Å². The molecule has 1 aromatic rings. The van der Waals surface area contributed by atoms with Crippen LogP contribution in [-0.2, 0) is 0 Å². The van der Waals surface area contributed by atoms with Crippen molar-refractivity contribution in [3.8, 4) is 0 Å². The smallest absolute Gasteiger partial charge is 0.0396 e. The van der Waals surface area contributed by atoms with E-state index >= 15 is 0 Å². The molecule has 1 aliphatic heterocycles. The number of benzene rings is 1. The van der Waals surface area contributed by atoms with E-state index in [1.165, 1.54) is 43.6 Å². The first-order valence-corrected chi connectivity index (χ1v) is 7.21. The Balaban J connectivity index is 2.00. The van der Waals surface area contributed by atoms with E-state index in [9.17, 15) is 0 Å². The van der Waals surface area contributed by atoms with Gasteiger partial charge in [0.15, 0.2) is 0 Å². The second-order valence-electron chi connectivity index (χ2n) is 4.94. The van der Waals surface area contributed by atoms with Crippen LogP contribution < -0.4 is 10.6 Å². The highest BCUT2D eigenvalue weighted by molar-refractivity contribution is 9.10. The lowest BCUT2D eigenvalue weighted by Gasteiger charge is -2.34. The van der Waals surface area contributed by atoms with Crippen LogP contribution in [0.2, 0.25) is 0 Å². The molecule has 0 aromatic heterocycles. The van der Waals surface area contributed by atoms with Crippen LogP contribution in [0.1, 0.15) is 24.8 Å². The van der Waals surface area contributed by atoms with E-state index in [0.717, 1.165) is 16.9 Å². The van der Waals surface area contributed by atoms with Gasteiger partial charge < -0.3 is 10.6 Å². The van der Waals surface area contributed by atoms with Gasteiger partial charge in [0.2, 0.25) is 0 Å². The fraction of sp³-hybridized carbons (Fsp3) is 0.571. The standard InChI is InChI=1S/C14H21BrN2/c1-11-10-13(15)2-3-14(11)17-8-5-12(4-7-16)6-9-17/h2-3,10,12H,4-9,16H2,1H3. The van der Waals surface area contributed by atoms with Crippen LogP contribution in [0.25, 0.3) is 0 Å². The van der Waals surface area contributed by atoms with Crippen molar-refractivity contribution in [3.63, 3.8) is 0 Å². The third-order valence-corrected chi connectivity index (χ3v) is 4.18. The number of hydrogen-bond acceptors (Lipinski definition) is 2. The molecule has 0 bridgehead atoms. The highest BCUT2D eigenvalue weighted by Gasteiger charge is 2.19. The Labute approximate surface area is 112 Å². The number of anilines is 1. The minimum Gasteiger partial charge on any atom is -0.371 e. The largest absolute Gasteiger partial charge is 0.371 e. The van der Waals surface area contributed by atoms with Crippen molar-refractivity contribution in [2.45, 2.75) is 26.2 Å². The van der Waals surface area contributed by atoms with Crippen molar-refractivity contribution in [2.24, 2.45) is 11.7 Å².